The maximum Gasteiger partial charge on any atom is 0.262 e. The molecule has 4 aromatic rings. The maximum absolute atomic E-state index is 12.9. The van der Waals surface area contributed by atoms with E-state index < -0.39 is 0 Å². The Kier molecular flexibility index (Phi) is 4.33. The van der Waals surface area contributed by atoms with Crippen LogP contribution in [0.25, 0.3) is 21.0 Å². The first-order valence-electron chi connectivity index (χ1n) is 9.29. The number of hydrogen-bond donors (Lipinski definition) is 0. The summed E-state index contributed by atoms with van der Waals surface area (Å²) in [6.07, 6.45) is 1.99. The minimum Gasteiger partial charge on any atom is -0.292 e. The van der Waals surface area contributed by atoms with Crippen LogP contribution >= 0.6 is 23.1 Å². The summed E-state index contributed by atoms with van der Waals surface area (Å²) < 4.78 is 2.92. The van der Waals surface area contributed by atoms with Gasteiger partial charge in [-0.1, -0.05) is 42.1 Å². The second kappa shape index (κ2) is 6.87. The number of benzene rings is 2. The highest BCUT2D eigenvalue weighted by Crippen LogP contribution is 2.37. The molecular weight excluding hydrogens is 388 g/mol. The second-order valence-corrected chi connectivity index (χ2v) is 9.08. The predicted octanol–water partition coefficient (Wildman–Crippen LogP) is 5.23. The van der Waals surface area contributed by atoms with Gasteiger partial charge in [-0.25, -0.2) is 4.98 Å². The highest BCUT2D eigenvalue weighted by molar-refractivity contribution is 7.99. The molecule has 0 atom stereocenters. The molecule has 6 heteroatoms. The molecule has 1 aliphatic rings. The summed E-state index contributed by atoms with van der Waals surface area (Å²) >= 11 is 2.92. The second-order valence-electron chi connectivity index (χ2n) is 7.08. The van der Waals surface area contributed by atoms with Crippen molar-refractivity contribution in [3.63, 3.8) is 0 Å². The molecule has 0 saturated heterocycles. The lowest BCUT2D eigenvalue weighted by Gasteiger charge is -2.11. The third-order valence-electron chi connectivity index (χ3n) is 5.12. The summed E-state index contributed by atoms with van der Waals surface area (Å²) in [7, 11) is 0. The van der Waals surface area contributed by atoms with Crippen molar-refractivity contribution in [2.75, 3.05) is 5.75 Å². The monoisotopic (exact) mass is 406 g/mol. The largest absolute Gasteiger partial charge is 0.292 e. The number of fused-ring (bicyclic) bond motifs is 2. The first-order chi connectivity index (χ1) is 13.6. The lowest BCUT2D eigenvalue weighted by Crippen LogP contribution is -2.22. The number of hydrogen-bond acceptors (Lipinski definition) is 5. The van der Waals surface area contributed by atoms with Gasteiger partial charge < -0.3 is 0 Å². The van der Waals surface area contributed by atoms with Gasteiger partial charge in [-0.2, -0.15) is 0 Å². The first-order valence-corrected chi connectivity index (χ1v) is 11.1. The zero-order valence-corrected chi connectivity index (χ0v) is 17.0. The number of aryl methyl sites for hydroxylation is 1. The third-order valence-corrected chi connectivity index (χ3v) is 7.38. The van der Waals surface area contributed by atoms with Gasteiger partial charge in [0.2, 0.25) is 0 Å². The Morgan fingerprint density at radius 1 is 1.14 bits per heavy atom. The topological polar surface area (TPSA) is 52.0 Å². The van der Waals surface area contributed by atoms with Crippen molar-refractivity contribution in [2.45, 2.75) is 31.0 Å². The van der Waals surface area contributed by atoms with E-state index in [1.54, 1.807) is 15.9 Å². The summed E-state index contributed by atoms with van der Waals surface area (Å²) in [5.41, 5.74) is 1.73. The molecule has 5 rings (SSSR count). The number of thiophene rings is 1. The van der Waals surface area contributed by atoms with Gasteiger partial charge in [-0.3, -0.25) is 14.2 Å². The molecule has 0 bridgehead atoms. The van der Waals surface area contributed by atoms with Crippen LogP contribution in [0.2, 0.25) is 0 Å². The van der Waals surface area contributed by atoms with Crippen LogP contribution in [0.5, 0.6) is 0 Å². The maximum atomic E-state index is 12.9. The van der Waals surface area contributed by atoms with E-state index in [9.17, 15) is 9.59 Å². The van der Waals surface area contributed by atoms with Gasteiger partial charge >= 0.3 is 0 Å². The Bertz CT molecular complexity index is 1280. The number of thioether (sulfide) groups is 1. The Morgan fingerprint density at radius 2 is 1.86 bits per heavy atom. The van der Waals surface area contributed by atoms with Gasteiger partial charge in [0.15, 0.2) is 10.9 Å². The number of ketones is 1. The van der Waals surface area contributed by atoms with Crippen LogP contribution in [0, 0.1) is 6.92 Å². The number of nitrogens with zero attached hydrogens (tertiary/aromatic N) is 2. The molecule has 4 nitrogen and oxygen atoms in total. The van der Waals surface area contributed by atoms with E-state index in [2.05, 4.69) is 6.07 Å². The van der Waals surface area contributed by atoms with E-state index >= 15 is 0 Å². The molecule has 1 saturated carbocycles. The smallest absolute Gasteiger partial charge is 0.262 e. The van der Waals surface area contributed by atoms with Gasteiger partial charge in [-0.05, 0) is 48.9 Å². The average molecular weight is 407 g/mol. The molecule has 2 heterocycles. The van der Waals surface area contributed by atoms with Gasteiger partial charge in [0.25, 0.3) is 5.56 Å². The highest BCUT2D eigenvalue weighted by atomic mass is 32.2. The van der Waals surface area contributed by atoms with Crippen LogP contribution in [0.3, 0.4) is 0 Å². The SMILES string of the molecule is Cc1c(C(=O)CSc2nc3ccccc3c(=O)n2C2CC2)sc2ccccc12. The normalized spacial score (nSPS) is 14.0. The molecule has 0 radical (unpaired) electrons. The zero-order chi connectivity index (χ0) is 19.3. The number of aromatic nitrogens is 2. The molecule has 2 aromatic heterocycles. The van der Waals surface area contributed by atoms with Crippen molar-refractivity contribution in [3.05, 3.63) is 69.3 Å². The summed E-state index contributed by atoms with van der Waals surface area (Å²) in [4.78, 5) is 31.4. The number of para-hydroxylation sites is 1. The van der Waals surface area contributed by atoms with Crippen LogP contribution in [0.4, 0.5) is 0 Å². The lowest BCUT2D eigenvalue weighted by molar-refractivity contribution is 0.102. The summed E-state index contributed by atoms with van der Waals surface area (Å²) in [5.74, 6) is 0.374. The fourth-order valence-electron chi connectivity index (χ4n) is 3.52. The quantitative estimate of drug-likeness (QED) is 0.259. The molecule has 0 N–H and O–H groups in total. The van der Waals surface area contributed by atoms with E-state index in [0.29, 0.717) is 16.1 Å². The highest BCUT2D eigenvalue weighted by Gasteiger charge is 2.29. The molecule has 0 unspecified atom stereocenters. The zero-order valence-electron chi connectivity index (χ0n) is 15.3. The fourth-order valence-corrected chi connectivity index (χ4v) is 5.69. The van der Waals surface area contributed by atoms with E-state index in [0.717, 1.165) is 33.4 Å². The Labute approximate surface area is 170 Å². The Morgan fingerprint density at radius 3 is 2.61 bits per heavy atom. The fraction of sp³-hybridized carbons (Fsp3) is 0.227. The van der Waals surface area contributed by atoms with Crippen LogP contribution in [0.15, 0.2) is 58.5 Å². The van der Waals surface area contributed by atoms with Crippen LogP contribution in [-0.4, -0.2) is 21.1 Å². The standard InChI is InChI=1S/C22H18N2O2S2/c1-13-15-6-3-5-9-19(15)28-20(13)18(25)12-27-22-23-17-8-4-2-7-16(17)21(26)24(22)14-10-11-14/h2-9,14H,10-12H2,1H3. The van der Waals surface area contributed by atoms with Crippen molar-refractivity contribution >= 4 is 49.9 Å². The van der Waals surface area contributed by atoms with Crippen LogP contribution in [0.1, 0.15) is 34.1 Å². The average Bonchev–Trinajstić information content (AvgIpc) is 3.49. The lowest BCUT2D eigenvalue weighted by atomic mass is 10.1. The van der Waals surface area contributed by atoms with Crippen molar-refractivity contribution in [1.29, 1.82) is 0 Å². The number of carbonyl (C=O) groups excluding carboxylic acids is 1. The van der Waals surface area contributed by atoms with Crippen molar-refractivity contribution in [3.8, 4) is 0 Å². The molecule has 2 aromatic carbocycles. The van der Waals surface area contributed by atoms with Crippen molar-refractivity contribution in [2.24, 2.45) is 0 Å². The van der Waals surface area contributed by atoms with Crippen molar-refractivity contribution in [1.82, 2.24) is 9.55 Å². The molecule has 0 amide bonds. The number of rotatable bonds is 5. The predicted molar refractivity (Wildman–Crippen MR) is 116 cm³/mol. The van der Waals surface area contributed by atoms with Gasteiger partial charge in [0, 0.05) is 10.7 Å². The molecular formula is C22H18N2O2S2. The Balaban J connectivity index is 1.48. The minimum atomic E-state index is 0.00101. The summed E-state index contributed by atoms with van der Waals surface area (Å²) in [5, 5.41) is 2.43. The molecule has 140 valence electrons. The van der Waals surface area contributed by atoms with Gasteiger partial charge in [0.1, 0.15) is 0 Å². The van der Waals surface area contributed by atoms with E-state index in [-0.39, 0.29) is 23.1 Å². The van der Waals surface area contributed by atoms with E-state index in [1.807, 2.05) is 49.4 Å². The van der Waals surface area contributed by atoms with E-state index in [4.69, 9.17) is 4.98 Å². The van der Waals surface area contributed by atoms with Crippen LogP contribution in [-0.2, 0) is 0 Å². The van der Waals surface area contributed by atoms with E-state index in [1.165, 1.54) is 11.8 Å². The first kappa shape index (κ1) is 17.6. The molecule has 1 aliphatic carbocycles. The summed E-state index contributed by atoms with van der Waals surface area (Å²) in [6.45, 7) is 2.01. The number of Topliss-reactive ketones (excluding diaryl/α,β-unsaturated/α-hetero) is 1. The minimum absolute atomic E-state index is 0.00101. The Hall–Kier alpha value is -2.44. The number of carbonyl (C=O) groups is 1. The molecule has 0 aliphatic heterocycles. The van der Waals surface area contributed by atoms with Gasteiger partial charge in [-0.15, -0.1) is 11.3 Å². The summed E-state index contributed by atoms with van der Waals surface area (Å²) in [6, 6.07) is 15.7. The molecule has 0 spiro atoms. The van der Waals surface area contributed by atoms with Crippen molar-refractivity contribution < 1.29 is 4.79 Å². The third kappa shape index (κ3) is 2.97. The molecule has 28 heavy (non-hydrogen) atoms. The molecule has 1 fully saturated rings. The van der Waals surface area contributed by atoms with Gasteiger partial charge in [0.05, 0.1) is 21.5 Å². The van der Waals surface area contributed by atoms with Crippen LogP contribution < -0.4 is 5.56 Å².